The fourth-order valence-corrected chi connectivity index (χ4v) is 3.00. The third-order valence-corrected chi connectivity index (χ3v) is 4.23. The van der Waals surface area contributed by atoms with E-state index in [1.54, 1.807) is 11.0 Å². The zero-order valence-corrected chi connectivity index (χ0v) is 12.2. The minimum Gasteiger partial charge on any atom is -0.396 e. The molecule has 1 aromatic heterocycles. The van der Waals surface area contributed by atoms with Gasteiger partial charge in [-0.15, -0.1) is 5.10 Å². The lowest BCUT2D eigenvalue weighted by Gasteiger charge is -2.30. The maximum absolute atomic E-state index is 9.44. The second-order valence-corrected chi connectivity index (χ2v) is 5.66. The molecule has 5 nitrogen and oxygen atoms in total. The molecule has 0 amide bonds. The van der Waals surface area contributed by atoms with E-state index < -0.39 is 0 Å². The predicted molar refractivity (Wildman–Crippen MR) is 81.0 cm³/mol. The number of aromatic nitrogens is 3. The Labute approximate surface area is 125 Å². The van der Waals surface area contributed by atoms with E-state index in [4.69, 9.17) is 0 Å². The second kappa shape index (κ2) is 6.83. The minimum atomic E-state index is 0.267. The highest BCUT2D eigenvalue weighted by Gasteiger charge is 2.24. The summed E-state index contributed by atoms with van der Waals surface area (Å²) in [7, 11) is 0. The van der Waals surface area contributed by atoms with Crippen molar-refractivity contribution in [1.29, 1.82) is 0 Å². The number of benzene rings is 1. The molecule has 2 aromatic rings. The topological polar surface area (TPSA) is 63.0 Å². The number of hydrogen-bond acceptors (Lipinski definition) is 4. The van der Waals surface area contributed by atoms with Crippen molar-refractivity contribution < 1.29 is 5.11 Å². The van der Waals surface area contributed by atoms with Crippen LogP contribution in [0.25, 0.3) is 5.69 Å². The van der Waals surface area contributed by atoms with Gasteiger partial charge in [0.15, 0.2) is 5.82 Å². The third-order valence-electron chi connectivity index (χ3n) is 4.23. The van der Waals surface area contributed by atoms with Gasteiger partial charge in [-0.05, 0) is 30.9 Å². The maximum Gasteiger partial charge on any atom is 0.164 e. The highest BCUT2D eigenvalue weighted by molar-refractivity contribution is 5.29. The van der Waals surface area contributed by atoms with Gasteiger partial charge in [-0.1, -0.05) is 31.0 Å². The molecule has 21 heavy (non-hydrogen) atoms. The number of aliphatic hydroxyl groups excluding tert-OH is 1. The third kappa shape index (κ3) is 3.49. The van der Waals surface area contributed by atoms with Crippen LogP contribution < -0.4 is 5.32 Å². The normalized spacial score (nSPS) is 22.3. The molecule has 1 heterocycles. The standard InChI is InChI=1S/C16H22N4O/c21-11-13-6-4-5-9-15(13)17-10-16-18-12-20(19-16)14-7-2-1-3-8-14/h1-3,7-8,12-13,15,17,21H,4-6,9-11H2/t13-,15-/m1/s1. The summed E-state index contributed by atoms with van der Waals surface area (Å²) >= 11 is 0. The van der Waals surface area contributed by atoms with Gasteiger partial charge in [0.05, 0.1) is 12.2 Å². The summed E-state index contributed by atoms with van der Waals surface area (Å²) in [4.78, 5) is 4.35. The maximum atomic E-state index is 9.44. The molecule has 0 saturated heterocycles. The van der Waals surface area contributed by atoms with Gasteiger partial charge in [0.25, 0.3) is 0 Å². The number of rotatable bonds is 5. The first-order valence-electron chi connectivity index (χ1n) is 7.67. The number of nitrogens with one attached hydrogen (secondary N) is 1. The van der Waals surface area contributed by atoms with Gasteiger partial charge in [-0.25, -0.2) is 9.67 Å². The van der Waals surface area contributed by atoms with E-state index >= 15 is 0 Å². The molecular formula is C16H22N4O. The molecule has 2 N–H and O–H groups in total. The molecule has 0 bridgehead atoms. The first kappa shape index (κ1) is 14.2. The van der Waals surface area contributed by atoms with Gasteiger partial charge in [-0.3, -0.25) is 0 Å². The predicted octanol–water partition coefficient (Wildman–Crippen LogP) is 1.91. The molecule has 0 unspecified atom stereocenters. The Balaban J connectivity index is 1.60. The van der Waals surface area contributed by atoms with Gasteiger partial charge >= 0.3 is 0 Å². The summed E-state index contributed by atoms with van der Waals surface area (Å²) in [6.45, 7) is 0.921. The quantitative estimate of drug-likeness (QED) is 0.881. The van der Waals surface area contributed by atoms with Crippen molar-refractivity contribution in [3.63, 3.8) is 0 Å². The Bertz CT molecular complexity index is 554. The van der Waals surface area contributed by atoms with E-state index in [1.165, 1.54) is 12.8 Å². The number of hydrogen-bond donors (Lipinski definition) is 2. The Kier molecular flexibility index (Phi) is 4.62. The molecule has 112 valence electrons. The second-order valence-electron chi connectivity index (χ2n) is 5.66. The first-order valence-corrected chi connectivity index (χ1v) is 7.67. The Morgan fingerprint density at radius 1 is 1.19 bits per heavy atom. The molecule has 3 rings (SSSR count). The lowest BCUT2D eigenvalue weighted by Crippen LogP contribution is -2.40. The molecule has 0 spiro atoms. The van der Waals surface area contributed by atoms with Crippen LogP contribution in [0.2, 0.25) is 0 Å². The molecule has 5 heteroatoms. The number of para-hydroxylation sites is 1. The van der Waals surface area contributed by atoms with Crippen LogP contribution in [0, 0.1) is 5.92 Å². The largest absolute Gasteiger partial charge is 0.396 e. The average Bonchev–Trinajstić information content (AvgIpc) is 3.03. The van der Waals surface area contributed by atoms with Gasteiger partial charge in [0.1, 0.15) is 6.33 Å². The van der Waals surface area contributed by atoms with Crippen molar-refractivity contribution >= 4 is 0 Å². The van der Waals surface area contributed by atoms with Gasteiger partial charge in [-0.2, -0.15) is 0 Å². The van der Waals surface area contributed by atoms with Crippen LogP contribution in [-0.4, -0.2) is 32.5 Å². The molecule has 1 fully saturated rings. The summed E-state index contributed by atoms with van der Waals surface area (Å²) in [6.07, 6.45) is 6.45. The molecular weight excluding hydrogens is 264 g/mol. The van der Waals surface area contributed by atoms with Crippen molar-refractivity contribution in [2.75, 3.05) is 6.61 Å². The lowest BCUT2D eigenvalue weighted by atomic mass is 9.85. The Hall–Kier alpha value is -1.72. The van der Waals surface area contributed by atoms with Gasteiger partial charge < -0.3 is 10.4 Å². The fourth-order valence-electron chi connectivity index (χ4n) is 3.00. The summed E-state index contributed by atoms with van der Waals surface area (Å²) in [5.74, 6) is 1.16. The zero-order chi connectivity index (χ0) is 14.5. The smallest absolute Gasteiger partial charge is 0.164 e. The van der Waals surface area contributed by atoms with Crippen molar-refractivity contribution in [3.8, 4) is 5.69 Å². The minimum absolute atomic E-state index is 0.267. The molecule has 1 aliphatic carbocycles. The molecule has 1 aromatic carbocycles. The van der Waals surface area contributed by atoms with Crippen molar-refractivity contribution in [3.05, 3.63) is 42.5 Å². The molecule has 0 radical (unpaired) electrons. The number of nitrogens with zero attached hydrogens (tertiary/aromatic N) is 3. The molecule has 0 aliphatic heterocycles. The van der Waals surface area contributed by atoms with Crippen LogP contribution >= 0.6 is 0 Å². The van der Waals surface area contributed by atoms with Crippen molar-refractivity contribution in [1.82, 2.24) is 20.1 Å². The summed E-state index contributed by atoms with van der Waals surface area (Å²) < 4.78 is 1.79. The fraction of sp³-hybridized carbons (Fsp3) is 0.500. The summed E-state index contributed by atoms with van der Waals surface area (Å²) in [6, 6.07) is 10.4. The first-order chi connectivity index (χ1) is 10.4. The van der Waals surface area contributed by atoms with Crippen LogP contribution in [0.1, 0.15) is 31.5 Å². The van der Waals surface area contributed by atoms with E-state index in [0.717, 1.165) is 24.4 Å². The van der Waals surface area contributed by atoms with E-state index in [-0.39, 0.29) is 6.61 Å². The number of aliphatic hydroxyl groups is 1. The molecule has 2 atom stereocenters. The molecule has 1 saturated carbocycles. The Morgan fingerprint density at radius 3 is 2.81 bits per heavy atom. The summed E-state index contributed by atoms with van der Waals surface area (Å²) in [5.41, 5.74) is 1.02. The van der Waals surface area contributed by atoms with Gasteiger partial charge in [0.2, 0.25) is 0 Å². The van der Waals surface area contributed by atoms with E-state index in [1.807, 2.05) is 30.3 Å². The van der Waals surface area contributed by atoms with Crippen LogP contribution in [0.4, 0.5) is 0 Å². The van der Waals surface area contributed by atoms with E-state index in [9.17, 15) is 5.11 Å². The molecule has 1 aliphatic rings. The van der Waals surface area contributed by atoms with E-state index in [0.29, 0.717) is 18.5 Å². The van der Waals surface area contributed by atoms with Crippen molar-refractivity contribution in [2.24, 2.45) is 5.92 Å². The summed E-state index contributed by atoms with van der Waals surface area (Å²) in [5, 5.41) is 17.4. The Morgan fingerprint density at radius 2 is 2.00 bits per heavy atom. The monoisotopic (exact) mass is 286 g/mol. The van der Waals surface area contributed by atoms with Crippen LogP contribution in [0.3, 0.4) is 0 Å². The lowest BCUT2D eigenvalue weighted by molar-refractivity contribution is 0.152. The highest BCUT2D eigenvalue weighted by atomic mass is 16.3. The SMILES string of the molecule is OC[C@H]1CCCC[C@H]1NCc1ncn(-c2ccccc2)n1. The van der Waals surface area contributed by atoms with Gasteiger partial charge in [0, 0.05) is 12.6 Å². The van der Waals surface area contributed by atoms with Crippen molar-refractivity contribution in [2.45, 2.75) is 38.3 Å². The highest BCUT2D eigenvalue weighted by Crippen LogP contribution is 2.24. The van der Waals surface area contributed by atoms with Crippen LogP contribution in [0.15, 0.2) is 36.7 Å². The average molecular weight is 286 g/mol. The van der Waals surface area contributed by atoms with Crippen LogP contribution in [-0.2, 0) is 6.54 Å². The van der Waals surface area contributed by atoms with E-state index in [2.05, 4.69) is 15.4 Å². The zero-order valence-electron chi connectivity index (χ0n) is 12.2. The van der Waals surface area contributed by atoms with Crippen LogP contribution in [0.5, 0.6) is 0 Å².